The molecule has 1 aromatic carbocycles. The summed E-state index contributed by atoms with van der Waals surface area (Å²) in [6.45, 7) is 2.89. The molecule has 2 aromatic rings. The number of piperazine rings is 1. The molecule has 0 bridgehead atoms. The van der Waals surface area contributed by atoms with Gasteiger partial charge in [-0.05, 0) is 17.5 Å². The molecule has 2 amide bonds. The van der Waals surface area contributed by atoms with E-state index in [2.05, 4.69) is 10.3 Å². The second kappa shape index (κ2) is 6.07. The number of carbonyl (C=O) groups excluding carboxylic acids is 2. The van der Waals surface area contributed by atoms with Crippen LogP contribution in [0, 0.1) is 0 Å². The average Bonchev–Trinajstić information content (AvgIpc) is 2.91. The molecule has 3 rings (SSSR count). The first-order valence-corrected chi connectivity index (χ1v) is 7.07. The summed E-state index contributed by atoms with van der Waals surface area (Å²) in [6, 6.07) is 9.82. The van der Waals surface area contributed by atoms with Gasteiger partial charge in [0.15, 0.2) is 0 Å². The highest BCUT2D eigenvalue weighted by Crippen LogP contribution is 2.15. The lowest BCUT2D eigenvalue weighted by molar-refractivity contribution is -0.156. The Morgan fingerprint density at radius 3 is 2.76 bits per heavy atom. The van der Waals surface area contributed by atoms with Crippen molar-refractivity contribution in [3.63, 3.8) is 0 Å². The zero-order chi connectivity index (χ0) is 14.7. The first kappa shape index (κ1) is 13.8. The number of hydrogen-bond donors (Lipinski definition) is 2. The highest BCUT2D eigenvalue weighted by atomic mass is 16.2. The van der Waals surface area contributed by atoms with Gasteiger partial charge in [-0.25, -0.2) is 10.0 Å². The average molecular weight is 286 g/mol. The monoisotopic (exact) mass is 286 g/mol. The Bertz CT molecular complexity index is 613. The number of hydrogen-bond acceptors (Lipinski definition) is 4. The lowest BCUT2D eigenvalue weighted by Gasteiger charge is -2.33. The number of aromatic nitrogens is 1. The van der Waals surface area contributed by atoms with Crippen LogP contribution in [0.2, 0.25) is 0 Å². The maximum atomic E-state index is 12.3. The Morgan fingerprint density at radius 1 is 1.29 bits per heavy atom. The summed E-state index contributed by atoms with van der Waals surface area (Å²) < 4.78 is 0. The number of amides is 2. The quantitative estimate of drug-likeness (QED) is 0.804. The number of imide groups is 1. The molecular formula is C15H18N4O2. The summed E-state index contributed by atoms with van der Waals surface area (Å²) in [4.78, 5) is 26.8. The van der Waals surface area contributed by atoms with Crippen LogP contribution in [-0.2, 0) is 16.0 Å². The van der Waals surface area contributed by atoms with E-state index in [0.717, 1.165) is 29.7 Å². The highest BCUT2D eigenvalue weighted by molar-refractivity contribution is 5.88. The molecule has 1 aliphatic rings. The second-order valence-electron chi connectivity index (χ2n) is 5.11. The summed E-state index contributed by atoms with van der Waals surface area (Å²) in [5, 5.41) is 7.25. The van der Waals surface area contributed by atoms with E-state index in [9.17, 15) is 9.59 Å². The van der Waals surface area contributed by atoms with Gasteiger partial charge in [0.2, 0.25) is 12.3 Å². The third kappa shape index (κ3) is 2.96. The minimum atomic E-state index is -0.210. The first-order chi connectivity index (χ1) is 10.3. The van der Waals surface area contributed by atoms with Crippen LogP contribution in [0.15, 0.2) is 30.3 Å². The fraction of sp³-hybridized carbons (Fsp3) is 0.333. The molecule has 1 saturated heterocycles. The first-order valence-electron chi connectivity index (χ1n) is 7.07. The fourth-order valence-corrected chi connectivity index (χ4v) is 2.62. The largest absolute Gasteiger partial charge is 0.358 e. The van der Waals surface area contributed by atoms with Crippen LogP contribution in [0.3, 0.4) is 0 Å². The summed E-state index contributed by atoms with van der Waals surface area (Å²) in [7, 11) is 0. The van der Waals surface area contributed by atoms with E-state index in [1.165, 1.54) is 5.01 Å². The number of nitrogens with one attached hydrogen (secondary N) is 2. The third-order valence-corrected chi connectivity index (χ3v) is 3.68. The lowest BCUT2D eigenvalue weighted by atomic mass is 10.2. The van der Waals surface area contributed by atoms with Crippen LogP contribution in [-0.4, -0.2) is 53.5 Å². The smallest absolute Gasteiger partial charge is 0.249 e. The van der Waals surface area contributed by atoms with E-state index in [1.54, 1.807) is 5.01 Å². The summed E-state index contributed by atoms with van der Waals surface area (Å²) in [5.74, 6) is -0.210. The predicted octanol–water partition coefficient (Wildman–Crippen LogP) is 0.516. The van der Waals surface area contributed by atoms with E-state index in [1.807, 2.05) is 30.3 Å². The van der Waals surface area contributed by atoms with Gasteiger partial charge in [0.05, 0.1) is 6.42 Å². The van der Waals surface area contributed by atoms with Crippen LogP contribution < -0.4 is 5.32 Å². The van der Waals surface area contributed by atoms with Crippen molar-refractivity contribution in [3.8, 4) is 0 Å². The Hall–Kier alpha value is -2.18. The Balaban J connectivity index is 1.72. The van der Waals surface area contributed by atoms with Gasteiger partial charge in [-0.1, -0.05) is 18.2 Å². The molecule has 2 N–H and O–H groups in total. The van der Waals surface area contributed by atoms with E-state index >= 15 is 0 Å². The minimum absolute atomic E-state index is 0.192. The minimum Gasteiger partial charge on any atom is -0.358 e. The number of benzene rings is 1. The van der Waals surface area contributed by atoms with Gasteiger partial charge >= 0.3 is 0 Å². The molecule has 0 radical (unpaired) electrons. The van der Waals surface area contributed by atoms with Crippen LogP contribution in [0.1, 0.15) is 5.69 Å². The number of fused-ring (bicyclic) bond motifs is 1. The van der Waals surface area contributed by atoms with Crippen LogP contribution in [0.4, 0.5) is 0 Å². The van der Waals surface area contributed by atoms with Gasteiger partial charge in [0, 0.05) is 37.4 Å². The molecular weight excluding hydrogens is 268 g/mol. The SMILES string of the molecule is O=CN(C(=O)Cc1cc2ccccc2[nH]1)N1CCNCC1. The van der Waals surface area contributed by atoms with Crippen molar-refractivity contribution in [3.05, 3.63) is 36.0 Å². The Kier molecular flexibility index (Phi) is 3.98. The molecule has 21 heavy (non-hydrogen) atoms. The zero-order valence-corrected chi connectivity index (χ0v) is 11.7. The predicted molar refractivity (Wildman–Crippen MR) is 79.4 cm³/mol. The summed E-state index contributed by atoms with van der Waals surface area (Å²) >= 11 is 0. The van der Waals surface area contributed by atoms with Crippen molar-refractivity contribution in [2.75, 3.05) is 26.2 Å². The molecule has 0 saturated carbocycles. The van der Waals surface area contributed by atoms with Gasteiger partial charge in [-0.3, -0.25) is 9.59 Å². The van der Waals surface area contributed by atoms with E-state index in [-0.39, 0.29) is 12.3 Å². The number of aromatic amines is 1. The van der Waals surface area contributed by atoms with Crippen molar-refractivity contribution in [1.29, 1.82) is 0 Å². The normalized spacial score (nSPS) is 16.0. The number of rotatable bonds is 4. The highest BCUT2D eigenvalue weighted by Gasteiger charge is 2.23. The molecule has 0 atom stereocenters. The van der Waals surface area contributed by atoms with Crippen LogP contribution >= 0.6 is 0 Å². The van der Waals surface area contributed by atoms with E-state index < -0.39 is 0 Å². The van der Waals surface area contributed by atoms with Crippen molar-refractivity contribution in [1.82, 2.24) is 20.3 Å². The summed E-state index contributed by atoms with van der Waals surface area (Å²) in [6.07, 6.45) is 0.799. The number of H-pyrrole nitrogens is 1. The van der Waals surface area contributed by atoms with Crippen LogP contribution in [0.5, 0.6) is 0 Å². The Morgan fingerprint density at radius 2 is 2.05 bits per heavy atom. The molecule has 0 aliphatic carbocycles. The maximum Gasteiger partial charge on any atom is 0.249 e. The number of carbonyl (C=O) groups is 2. The van der Waals surface area contributed by atoms with Gasteiger partial charge in [0.1, 0.15) is 0 Å². The number of nitrogens with zero attached hydrogens (tertiary/aromatic N) is 2. The zero-order valence-electron chi connectivity index (χ0n) is 11.7. The summed E-state index contributed by atoms with van der Waals surface area (Å²) in [5.41, 5.74) is 1.82. The number of hydrazine groups is 1. The topological polar surface area (TPSA) is 68.4 Å². The van der Waals surface area contributed by atoms with E-state index in [4.69, 9.17) is 0 Å². The third-order valence-electron chi connectivity index (χ3n) is 3.68. The standard InChI is InChI=1S/C15H18N4O2/c20-11-19(18-7-5-16-6-8-18)15(21)10-13-9-12-3-1-2-4-14(12)17-13/h1-4,9,11,16-17H,5-8,10H2. The molecule has 1 aromatic heterocycles. The molecule has 6 heteroatoms. The van der Waals surface area contributed by atoms with Crippen molar-refractivity contribution in [2.45, 2.75) is 6.42 Å². The molecule has 6 nitrogen and oxygen atoms in total. The fourth-order valence-electron chi connectivity index (χ4n) is 2.62. The van der Waals surface area contributed by atoms with Gasteiger partial charge in [-0.2, -0.15) is 0 Å². The van der Waals surface area contributed by atoms with Gasteiger partial charge in [-0.15, -0.1) is 0 Å². The van der Waals surface area contributed by atoms with Crippen molar-refractivity contribution >= 4 is 23.2 Å². The van der Waals surface area contributed by atoms with Crippen molar-refractivity contribution in [2.24, 2.45) is 0 Å². The molecule has 0 unspecified atom stereocenters. The Labute approximate surface area is 122 Å². The molecule has 1 aliphatic heterocycles. The maximum absolute atomic E-state index is 12.3. The van der Waals surface area contributed by atoms with Gasteiger partial charge in [0.25, 0.3) is 0 Å². The second-order valence-corrected chi connectivity index (χ2v) is 5.11. The van der Waals surface area contributed by atoms with Gasteiger partial charge < -0.3 is 10.3 Å². The van der Waals surface area contributed by atoms with Crippen molar-refractivity contribution < 1.29 is 9.59 Å². The lowest BCUT2D eigenvalue weighted by Crippen LogP contribution is -2.54. The van der Waals surface area contributed by atoms with Crippen LogP contribution in [0.25, 0.3) is 10.9 Å². The molecule has 1 fully saturated rings. The number of para-hydroxylation sites is 1. The molecule has 2 heterocycles. The molecule has 0 spiro atoms. The molecule has 110 valence electrons. The van der Waals surface area contributed by atoms with E-state index in [0.29, 0.717) is 19.5 Å².